The van der Waals surface area contributed by atoms with E-state index in [-0.39, 0.29) is 6.54 Å². The van der Waals surface area contributed by atoms with E-state index in [1.165, 1.54) is 20.8 Å². The molecule has 1 atom stereocenters. The van der Waals surface area contributed by atoms with Gasteiger partial charge in [0.1, 0.15) is 6.54 Å². The van der Waals surface area contributed by atoms with Crippen molar-refractivity contribution in [3.8, 4) is 0 Å². The molecule has 0 aliphatic rings. The van der Waals surface area contributed by atoms with Crippen molar-refractivity contribution in [2.24, 2.45) is 0 Å². The Morgan fingerprint density at radius 1 is 1.22 bits per heavy atom. The third-order valence-corrected chi connectivity index (χ3v) is 4.82. The van der Waals surface area contributed by atoms with Crippen LogP contribution in [-0.2, 0) is 10.0 Å². The highest BCUT2D eigenvalue weighted by atomic mass is 32.2. The van der Waals surface area contributed by atoms with Gasteiger partial charge in [-0.25, -0.2) is 8.42 Å². The normalized spacial score (nSPS) is 15.4. The van der Waals surface area contributed by atoms with Gasteiger partial charge in [-0.05, 0) is 27.3 Å². The van der Waals surface area contributed by atoms with Gasteiger partial charge in [0.2, 0.25) is 10.0 Å². The lowest BCUT2D eigenvalue weighted by molar-refractivity contribution is -0.138. The van der Waals surface area contributed by atoms with Gasteiger partial charge in [0.05, 0.1) is 5.25 Å². The van der Waals surface area contributed by atoms with Crippen LogP contribution in [0.2, 0.25) is 0 Å². The quantitative estimate of drug-likeness (QED) is 0.774. The second-order valence-electron chi connectivity index (χ2n) is 4.42. The molecule has 0 spiro atoms. The number of nitrogens with zero attached hydrogens (tertiary/aromatic N) is 1. The molecule has 0 aromatic carbocycles. The van der Waals surface area contributed by atoms with Gasteiger partial charge in [-0.3, -0.25) is 0 Å². The summed E-state index contributed by atoms with van der Waals surface area (Å²) >= 11 is 0. The Balaban J connectivity index is 4.99. The molecule has 0 saturated carbocycles. The smallest absolute Gasteiger partial charge is 0.316 e. The zero-order valence-electron chi connectivity index (χ0n) is 11.1. The number of rotatable bonds is 7. The first-order chi connectivity index (χ1) is 8.02. The number of hydrogen-bond donors (Lipinski definition) is 1. The van der Waals surface area contributed by atoms with E-state index in [4.69, 9.17) is 0 Å². The highest BCUT2D eigenvalue weighted by Crippen LogP contribution is 2.22. The number of alkyl halides is 3. The Morgan fingerprint density at radius 3 is 2.06 bits per heavy atom. The molecule has 0 rings (SSSR count). The van der Waals surface area contributed by atoms with Gasteiger partial charge in [-0.2, -0.15) is 17.5 Å². The maximum Gasteiger partial charge on any atom is 0.402 e. The van der Waals surface area contributed by atoms with E-state index >= 15 is 0 Å². The summed E-state index contributed by atoms with van der Waals surface area (Å²) in [5, 5.41) is 1.94. The summed E-state index contributed by atoms with van der Waals surface area (Å²) in [6, 6.07) is -0.722. The lowest BCUT2D eigenvalue weighted by Crippen LogP contribution is -2.48. The third kappa shape index (κ3) is 5.53. The van der Waals surface area contributed by atoms with Crippen molar-refractivity contribution in [2.45, 2.75) is 45.2 Å². The topological polar surface area (TPSA) is 49.4 Å². The standard InChI is InChI=1S/C10H21F3N2O2S/c1-5-14-6-9(4)18(16,17)15(8(2)3)7-10(11,12)13/h8-9,14H,5-7H2,1-4H3. The van der Waals surface area contributed by atoms with Crippen molar-refractivity contribution < 1.29 is 21.6 Å². The van der Waals surface area contributed by atoms with Crippen molar-refractivity contribution in [3.63, 3.8) is 0 Å². The Bertz CT molecular complexity index is 342. The summed E-state index contributed by atoms with van der Waals surface area (Å²) in [6.45, 7) is 5.34. The fraction of sp³-hybridized carbons (Fsp3) is 1.00. The first kappa shape index (κ1) is 17.7. The molecule has 110 valence electrons. The monoisotopic (exact) mass is 290 g/mol. The molecule has 4 nitrogen and oxygen atoms in total. The predicted octanol–water partition coefficient (Wildman–Crippen LogP) is 1.59. The number of sulfonamides is 1. The van der Waals surface area contributed by atoms with Crippen molar-refractivity contribution >= 4 is 10.0 Å². The van der Waals surface area contributed by atoms with Gasteiger partial charge in [0, 0.05) is 12.6 Å². The van der Waals surface area contributed by atoms with E-state index < -0.39 is 34.0 Å². The fourth-order valence-corrected chi connectivity index (χ4v) is 3.13. The lowest BCUT2D eigenvalue weighted by atomic mass is 10.4. The molecule has 0 heterocycles. The Kier molecular flexibility index (Phi) is 6.59. The van der Waals surface area contributed by atoms with Crippen LogP contribution >= 0.6 is 0 Å². The molecule has 0 fully saturated rings. The fourth-order valence-electron chi connectivity index (χ4n) is 1.43. The highest BCUT2D eigenvalue weighted by molar-refractivity contribution is 7.89. The van der Waals surface area contributed by atoms with E-state index in [0.717, 1.165) is 0 Å². The molecule has 0 bridgehead atoms. The molecule has 0 aromatic rings. The van der Waals surface area contributed by atoms with Crippen LogP contribution in [-0.4, -0.2) is 49.8 Å². The molecule has 0 radical (unpaired) electrons. The van der Waals surface area contributed by atoms with Crippen LogP contribution in [0.5, 0.6) is 0 Å². The van der Waals surface area contributed by atoms with Crippen LogP contribution in [0, 0.1) is 0 Å². The molecular weight excluding hydrogens is 269 g/mol. The van der Waals surface area contributed by atoms with E-state index in [1.54, 1.807) is 6.92 Å². The number of halogens is 3. The summed E-state index contributed by atoms with van der Waals surface area (Å²) in [5.74, 6) is 0. The molecule has 1 unspecified atom stereocenters. The molecule has 1 N–H and O–H groups in total. The average Bonchev–Trinajstić information content (AvgIpc) is 2.20. The lowest BCUT2D eigenvalue weighted by Gasteiger charge is -2.29. The van der Waals surface area contributed by atoms with Crippen LogP contribution in [0.4, 0.5) is 13.2 Å². The van der Waals surface area contributed by atoms with Crippen LogP contribution in [0.1, 0.15) is 27.7 Å². The number of nitrogens with one attached hydrogen (secondary N) is 1. The summed E-state index contributed by atoms with van der Waals surface area (Å²) in [5.41, 5.74) is 0. The summed E-state index contributed by atoms with van der Waals surface area (Å²) in [4.78, 5) is 0. The minimum Gasteiger partial charge on any atom is -0.316 e. The van der Waals surface area contributed by atoms with Crippen LogP contribution in [0.3, 0.4) is 0 Å². The maximum absolute atomic E-state index is 12.4. The first-order valence-corrected chi connectivity index (χ1v) is 7.30. The molecule has 0 saturated heterocycles. The summed E-state index contributed by atoms with van der Waals surface area (Å²) in [7, 11) is -3.95. The Hall–Kier alpha value is -0.340. The van der Waals surface area contributed by atoms with E-state index in [9.17, 15) is 21.6 Å². The van der Waals surface area contributed by atoms with Gasteiger partial charge in [-0.1, -0.05) is 6.92 Å². The largest absolute Gasteiger partial charge is 0.402 e. The van der Waals surface area contributed by atoms with Gasteiger partial charge < -0.3 is 5.32 Å². The third-order valence-electron chi connectivity index (χ3n) is 2.43. The van der Waals surface area contributed by atoms with Crippen molar-refractivity contribution in [1.29, 1.82) is 0 Å². The van der Waals surface area contributed by atoms with E-state index in [2.05, 4.69) is 5.32 Å². The Labute approximate surface area is 107 Å². The molecule has 0 amide bonds. The minimum atomic E-state index is -4.53. The van der Waals surface area contributed by atoms with E-state index in [1.807, 2.05) is 0 Å². The van der Waals surface area contributed by atoms with Crippen LogP contribution in [0.15, 0.2) is 0 Å². The van der Waals surface area contributed by atoms with Crippen LogP contribution < -0.4 is 5.32 Å². The Morgan fingerprint density at radius 2 is 1.72 bits per heavy atom. The van der Waals surface area contributed by atoms with Gasteiger partial charge >= 0.3 is 6.18 Å². The van der Waals surface area contributed by atoms with Gasteiger partial charge in [0.15, 0.2) is 0 Å². The highest BCUT2D eigenvalue weighted by Gasteiger charge is 2.39. The van der Waals surface area contributed by atoms with Crippen LogP contribution in [0.25, 0.3) is 0 Å². The summed E-state index contributed by atoms with van der Waals surface area (Å²) < 4.78 is 61.8. The maximum atomic E-state index is 12.4. The van der Waals surface area contributed by atoms with Crippen molar-refractivity contribution in [2.75, 3.05) is 19.6 Å². The van der Waals surface area contributed by atoms with E-state index in [0.29, 0.717) is 10.8 Å². The van der Waals surface area contributed by atoms with Crippen molar-refractivity contribution in [1.82, 2.24) is 9.62 Å². The molecule has 0 aromatic heterocycles. The SMILES string of the molecule is CCNCC(C)S(=O)(=O)N(CC(F)(F)F)C(C)C. The minimum absolute atomic E-state index is 0.139. The first-order valence-electron chi connectivity index (χ1n) is 5.80. The molecular formula is C10H21F3N2O2S. The molecule has 0 aliphatic heterocycles. The second kappa shape index (κ2) is 6.72. The van der Waals surface area contributed by atoms with Crippen molar-refractivity contribution in [3.05, 3.63) is 0 Å². The number of hydrogen-bond acceptors (Lipinski definition) is 3. The zero-order valence-corrected chi connectivity index (χ0v) is 11.9. The van der Waals surface area contributed by atoms with Gasteiger partial charge in [-0.15, -0.1) is 0 Å². The molecule has 18 heavy (non-hydrogen) atoms. The second-order valence-corrected chi connectivity index (χ2v) is 6.72. The zero-order chi connectivity index (χ0) is 14.6. The summed E-state index contributed by atoms with van der Waals surface area (Å²) in [6.07, 6.45) is -4.53. The predicted molar refractivity (Wildman–Crippen MR) is 64.8 cm³/mol. The molecule has 0 aliphatic carbocycles. The average molecular weight is 290 g/mol. The molecule has 8 heteroatoms. The van der Waals surface area contributed by atoms with Gasteiger partial charge in [0.25, 0.3) is 0 Å².